The van der Waals surface area contributed by atoms with Gasteiger partial charge < -0.3 is 0 Å². The molecule has 0 bridgehead atoms. The molecule has 0 heterocycles. The summed E-state index contributed by atoms with van der Waals surface area (Å²) < 4.78 is 0. The van der Waals surface area contributed by atoms with Crippen molar-refractivity contribution in [2.75, 3.05) is 0 Å². The van der Waals surface area contributed by atoms with Crippen LogP contribution in [0.4, 0.5) is 0 Å². The average molecular weight is 288 g/mol. The smallest absolute Gasteiger partial charge is 0.00199 e. The van der Waals surface area contributed by atoms with Crippen LogP contribution in [0.3, 0.4) is 0 Å². The largest absolute Gasteiger partial charge is 0.0549 e. The van der Waals surface area contributed by atoms with Crippen molar-refractivity contribution in [2.24, 2.45) is 0 Å². The lowest BCUT2D eigenvalue weighted by Crippen LogP contribution is -2.14. The summed E-state index contributed by atoms with van der Waals surface area (Å²) in [5.74, 6) is 0. The lowest BCUT2D eigenvalue weighted by Gasteiger charge is -2.27. The van der Waals surface area contributed by atoms with Gasteiger partial charge in [-0.05, 0) is 109 Å². The zero-order valence-corrected chi connectivity index (χ0v) is 13.4. The molecule has 0 fully saturated rings. The predicted molar refractivity (Wildman–Crippen MR) is 91.8 cm³/mol. The van der Waals surface area contributed by atoms with E-state index in [-0.39, 0.29) is 0 Å². The van der Waals surface area contributed by atoms with E-state index in [4.69, 9.17) is 0 Å². The molecule has 112 valence electrons. The fourth-order valence-corrected chi connectivity index (χ4v) is 4.84. The molecule has 0 aliphatic heterocycles. The summed E-state index contributed by atoms with van der Waals surface area (Å²) in [5, 5.41) is 0. The molecule has 0 aromatic heterocycles. The van der Waals surface area contributed by atoms with Gasteiger partial charge in [0.2, 0.25) is 0 Å². The molecule has 3 aliphatic carbocycles. The maximum atomic E-state index is 2.55. The van der Waals surface area contributed by atoms with E-state index in [1.807, 2.05) is 0 Å². The second-order valence-corrected chi connectivity index (χ2v) is 7.55. The molecular weight excluding hydrogens is 264 g/mol. The molecule has 0 saturated heterocycles. The van der Waals surface area contributed by atoms with Gasteiger partial charge >= 0.3 is 0 Å². The van der Waals surface area contributed by atoms with Gasteiger partial charge in [-0.2, -0.15) is 0 Å². The van der Waals surface area contributed by atoms with E-state index in [0.717, 1.165) is 0 Å². The van der Waals surface area contributed by atoms with Gasteiger partial charge in [-0.1, -0.05) is 24.3 Å². The molecule has 0 N–H and O–H groups in total. The molecule has 22 heavy (non-hydrogen) atoms. The summed E-state index contributed by atoms with van der Waals surface area (Å²) in [7, 11) is 0. The molecule has 0 unspecified atom stereocenters. The van der Waals surface area contributed by atoms with Crippen LogP contribution in [-0.2, 0) is 38.5 Å². The summed E-state index contributed by atoms with van der Waals surface area (Å²) >= 11 is 0. The number of aryl methyl sites for hydroxylation is 4. The van der Waals surface area contributed by atoms with E-state index in [0.29, 0.717) is 0 Å². The Hall–Kier alpha value is -1.56. The van der Waals surface area contributed by atoms with Crippen LogP contribution in [0, 0.1) is 0 Å². The van der Waals surface area contributed by atoms with Gasteiger partial charge in [-0.3, -0.25) is 0 Å². The second kappa shape index (κ2) is 4.98. The van der Waals surface area contributed by atoms with Crippen LogP contribution in [0.15, 0.2) is 24.3 Å². The van der Waals surface area contributed by atoms with Gasteiger partial charge in [0.15, 0.2) is 0 Å². The zero-order chi connectivity index (χ0) is 14.5. The van der Waals surface area contributed by atoms with E-state index >= 15 is 0 Å². The Morgan fingerprint density at radius 3 is 0.909 bits per heavy atom. The molecule has 0 heteroatoms. The van der Waals surface area contributed by atoms with Crippen LogP contribution in [-0.4, -0.2) is 0 Å². The fourth-order valence-electron chi connectivity index (χ4n) is 4.84. The third kappa shape index (κ3) is 2.04. The summed E-state index contributed by atoms with van der Waals surface area (Å²) in [4.78, 5) is 0. The highest BCUT2D eigenvalue weighted by Crippen LogP contribution is 2.34. The minimum atomic E-state index is 1.17. The minimum Gasteiger partial charge on any atom is -0.0549 e. The number of fused-ring (bicyclic) bond motifs is 4. The zero-order valence-electron chi connectivity index (χ0n) is 13.4. The normalized spacial score (nSPS) is 18.9. The lowest BCUT2D eigenvalue weighted by molar-refractivity contribution is 0.679. The van der Waals surface area contributed by atoms with Gasteiger partial charge in [-0.15, -0.1) is 0 Å². The minimum absolute atomic E-state index is 1.17. The molecular formula is C22H24. The maximum Gasteiger partial charge on any atom is -0.00199 e. The van der Waals surface area contributed by atoms with Gasteiger partial charge in [0.1, 0.15) is 0 Å². The fraction of sp³-hybridized carbons (Fsp3) is 0.455. The average Bonchev–Trinajstić information content (AvgIpc) is 2.56. The van der Waals surface area contributed by atoms with Gasteiger partial charge in [0.25, 0.3) is 0 Å². The first-order valence-corrected chi connectivity index (χ1v) is 9.14. The summed E-state index contributed by atoms with van der Waals surface area (Å²) in [6.07, 6.45) is 13.1. The van der Waals surface area contributed by atoms with Gasteiger partial charge in [0.05, 0.1) is 0 Å². The number of rotatable bonds is 0. The Morgan fingerprint density at radius 2 is 0.636 bits per heavy atom. The maximum absolute atomic E-state index is 2.55. The Balaban J connectivity index is 1.58. The Morgan fingerprint density at radius 1 is 0.364 bits per heavy atom. The highest BCUT2D eigenvalue weighted by Gasteiger charge is 2.21. The van der Waals surface area contributed by atoms with E-state index in [9.17, 15) is 0 Å². The van der Waals surface area contributed by atoms with Crippen LogP contribution in [0.2, 0.25) is 0 Å². The monoisotopic (exact) mass is 288 g/mol. The third-order valence-electron chi connectivity index (χ3n) is 6.09. The molecule has 3 aliphatic rings. The Labute approximate surface area is 133 Å². The standard InChI is InChI=1S/C22H24/c1-2-6-16-10-20-14-22-12-18-8-4-3-7-17(18)11-21(22)13-19(20)9-15(16)5-1/h9-12H,1-8,13-14H2. The topological polar surface area (TPSA) is 0 Å². The van der Waals surface area contributed by atoms with E-state index < -0.39 is 0 Å². The summed E-state index contributed by atoms with van der Waals surface area (Å²) in [5.41, 5.74) is 13.0. The van der Waals surface area contributed by atoms with Crippen LogP contribution in [0.1, 0.15) is 70.2 Å². The first-order chi connectivity index (χ1) is 10.9. The van der Waals surface area contributed by atoms with Crippen LogP contribution in [0.25, 0.3) is 0 Å². The molecule has 0 radical (unpaired) electrons. The first-order valence-electron chi connectivity index (χ1n) is 9.14. The highest BCUT2D eigenvalue weighted by molar-refractivity contribution is 5.52. The molecule has 0 nitrogen and oxygen atoms in total. The summed E-state index contributed by atoms with van der Waals surface area (Å²) in [6.45, 7) is 0. The van der Waals surface area contributed by atoms with E-state index in [1.165, 1.54) is 64.2 Å². The van der Waals surface area contributed by atoms with Crippen molar-refractivity contribution < 1.29 is 0 Å². The van der Waals surface area contributed by atoms with E-state index in [2.05, 4.69) is 24.3 Å². The molecule has 0 amide bonds. The Bertz CT molecular complexity index is 624. The predicted octanol–water partition coefficient (Wildman–Crippen LogP) is 4.94. The molecule has 5 rings (SSSR count). The number of hydrogen-bond acceptors (Lipinski definition) is 0. The van der Waals surface area contributed by atoms with Gasteiger partial charge in [0, 0.05) is 0 Å². The quantitative estimate of drug-likeness (QED) is 0.549. The molecule has 2 aromatic rings. The molecule has 0 spiro atoms. The highest BCUT2D eigenvalue weighted by atomic mass is 14.3. The lowest BCUT2D eigenvalue weighted by atomic mass is 9.78. The van der Waals surface area contributed by atoms with Crippen LogP contribution >= 0.6 is 0 Å². The van der Waals surface area contributed by atoms with Crippen molar-refractivity contribution in [2.45, 2.75) is 64.2 Å². The molecule has 0 atom stereocenters. The number of benzene rings is 2. The van der Waals surface area contributed by atoms with E-state index in [1.54, 1.807) is 44.5 Å². The third-order valence-corrected chi connectivity index (χ3v) is 6.09. The number of hydrogen-bond donors (Lipinski definition) is 0. The van der Waals surface area contributed by atoms with Gasteiger partial charge in [-0.25, -0.2) is 0 Å². The van der Waals surface area contributed by atoms with Crippen molar-refractivity contribution in [1.82, 2.24) is 0 Å². The van der Waals surface area contributed by atoms with Crippen LogP contribution in [0.5, 0.6) is 0 Å². The molecule has 2 aromatic carbocycles. The van der Waals surface area contributed by atoms with Crippen LogP contribution < -0.4 is 0 Å². The van der Waals surface area contributed by atoms with Crippen molar-refractivity contribution in [3.8, 4) is 0 Å². The van der Waals surface area contributed by atoms with Crippen molar-refractivity contribution >= 4 is 0 Å². The first kappa shape index (κ1) is 12.9. The SMILES string of the molecule is c1c2c(cc3c1Cc1cc4c(cc1C3)CCCC4)CCCC2. The molecule has 0 saturated carbocycles. The summed E-state index contributed by atoms with van der Waals surface area (Å²) in [6, 6.07) is 10.2. The second-order valence-electron chi connectivity index (χ2n) is 7.55. The van der Waals surface area contributed by atoms with Crippen molar-refractivity contribution in [3.63, 3.8) is 0 Å². The van der Waals surface area contributed by atoms with Crippen molar-refractivity contribution in [1.29, 1.82) is 0 Å². The Kier molecular flexibility index (Phi) is 2.93. The van der Waals surface area contributed by atoms with Crippen molar-refractivity contribution in [3.05, 3.63) is 68.8 Å².